The quantitative estimate of drug-likeness (QED) is 0.559. The number of hydrogen-bond acceptors (Lipinski definition) is 3. The molecule has 2 rings (SSSR count). The summed E-state index contributed by atoms with van der Waals surface area (Å²) in [5.74, 6) is -0.783. The van der Waals surface area contributed by atoms with Crippen LogP contribution >= 0.6 is 34.8 Å². The highest BCUT2D eigenvalue weighted by atomic mass is 35.5. The fourth-order valence-electron chi connectivity index (χ4n) is 2.24. The maximum atomic E-state index is 12.3. The van der Waals surface area contributed by atoms with Gasteiger partial charge >= 0.3 is 5.97 Å². The molecule has 0 saturated heterocycles. The van der Waals surface area contributed by atoms with Gasteiger partial charge in [-0.1, -0.05) is 64.6 Å². The lowest BCUT2D eigenvalue weighted by Crippen LogP contribution is -2.29. The minimum atomic E-state index is -0.578. The van der Waals surface area contributed by atoms with Gasteiger partial charge in [0.15, 0.2) is 5.75 Å². The zero-order valence-corrected chi connectivity index (χ0v) is 15.9. The molecule has 0 aliphatic heterocycles. The molecule has 25 heavy (non-hydrogen) atoms. The van der Waals surface area contributed by atoms with Gasteiger partial charge < -0.3 is 10.1 Å². The first-order valence-corrected chi connectivity index (χ1v) is 8.58. The summed E-state index contributed by atoms with van der Waals surface area (Å²) in [5, 5.41) is 3.36. The van der Waals surface area contributed by atoms with E-state index < -0.39 is 12.0 Å². The monoisotopic (exact) mass is 399 g/mol. The van der Waals surface area contributed by atoms with E-state index in [-0.39, 0.29) is 28.1 Å². The van der Waals surface area contributed by atoms with E-state index in [0.29, 0.717) is 5.02 Å². The van der Waals surface area contributed by atoms with Gasteiger partial charge in [0.2, 0.25) is 5.91 Å². The second-order valence-corrected chi connectivity index (χ2v) is 6.79. The molecule has 0 aromatic heterocycles. The third-order valence-electron chi connectivity index (χ3n) is 3.41. The fraction of sp³-hybridized carbons (Fsp3) is 0.222. The van der Waals surface area contributed by atoms with Crippen LogP contribution in [0.2, 0.25) is 15.1 Å². The average molecular weight is 401 g/mol. The highest BCUT2D eigenvalue weighted by Crippen LogP contribution is 2.36. The predicted octanol–water partition coefficient (Wildman–Crippen LogP) is 5.13. The van der Waals surface area contributed by atoms with E-state index in [1.807, 2.05) is 31.2 Å². The Balaban J connectivity index is 2.17. The normalized spacial score (nSPS) is 11.7. The number of benzene rings is 2. The Kier molecular flexibility index (Phi) is 6.71. The summed E-state index contributed by atoms with van der Waals surface area (Å²) in [7, 11) is 0. The van der Waals surface area contributed by atoms with Crippen molar-refractivity contribution in [2.75, 3.05) is 0 Å². The molecular formula is C18H16Cl3NO3. The molecule has 7 heteroatoms. The molecule has 0 bridgehead atoms. The van der Waals surface area contributed by atoms with E-state index in [2.05, 4.69) is 5.32 Å². The summed E-state index contributed by atoms with van der Waals surface area (Å²) in [4.78, 5) is 23.8. The molecule has 0 aliphatic carbocycles. The van der Waals surface area contributed by atoms with E-state index in [4.69, 9.17) is 39.5 Å². The van der Waals surface area contributed by atoms with Gasteiger partial charge in [0.25, 0.3) is 0 Å². The van der Waals surface area contributed by atoms with Crippen molar-refractivity contribution in [2.45, 2.75) is 26.3 Å². The van der Waals surface area contributed by atoms with Crippen LogP contribution in [-0.2, 0) is 9.59 Å². The maximum absolute atomic E-state index is 12.3. The van der Waals surface area contributed by atoms with Crippen molar-refractivity contribution in [2.24, 2.45) is 0 Å². The van der Waals surface area contributed by atoms with Crippen LogP contribution in [0.3, 0.4) is 0 Å². The maximum Gasteiger partial charge on any atom is 0.313 e. The van der Waals surface area contributed by atoms with Crippen molar-refractivity contribution >= 4 is 46.7 Å². The van der Waals surface area contributed by atoms with Crippen LogP contribution in [0, 0.1) is 6.92 Å². The first kappa shape index (κ1) is 19.6. The molecular weight excluding hydrogens is 385 g/mol. The second-order valence-electron chi connectivity index (χ2n) is 5.54. The standard InChI is InChI=1S/C18H16Cl3NO3/c1-10-3-5-12(6-4-10)16(22-11(2)23)9-17(24)25-18-14(20)7-13(19)8-15(18)21/h3-8,16H,9H2,1-2H3,(H,22,23). The molecule has 0 spiro atoms. The lowest BCUT2D eigenvalue weighted by atomic mass is 10.0. The van der Waals surface area contributed by atoms with Gasteiger partial charge in [0.05, 0.1) is 22.5 Å². The van der Waals surface area contributed by atoms with Crippen molar-refractivity contribution in [3.63, 3.8) is 0 Å². The minimum Gasteiger partial charge on any atom is -0.423 e. The summed E-state index contributed by atoms with van der Waals surface area (Å²) in [5.41, 5.74) is 1.87. The number of hydrogen-bond donors (Lipinski definition) is 1. The number of esters is 1. The highest BCUT2D eigenvalue weighted by molar-refractivity contribution is 6.40. The van der Waals surface area contributed by atoms with Crippen LogP contribution in [0.5, 0.6) is 5.75 Å². The molecule has 0 heterocycles. The van der Waals surface area contributed by atoms with Crippen LogP contribution in [0.25, 0.3) is 0 Å². The summed E-state index contributed by atoms with van der Waals surface area (Å²) >= 11 is 17.9. The average Bonchev–Trinajstić information content (AvgIpc) is 2.50. The number of rotatable bonds is 5. The molecule has 0 aliphatic rings. The van der Waals surface area contributed by atoms with Crippen molar-refractivity contribution in [3.8, 4) is 5.75 Å². The Bertz CT molecular complexity index is 768. The smallest absolute Gasteiger partial charge is 0.313 e. The zero-order chi connectivity index (χ0) is 18.6. The van der Waals surface area contributed by atoms with Crippen molar-refractivity contribution in [1.29, 1.82) is 0 Å². The van der Waals surface area contributed by atoms with Crippen LogP contribution in [-0.4, -0.2) is 11.9 Å². The van der Waals surface area contributed by atoms with E-state index in [0.717, 1.165) is 11.1 Å². The Hall–Kier alpha value is -1.75. The lowest BCUT2D eigenvalue weighted by molar-refractivity contribution is -0.135. The van der Waals surface area contributed by atoms with Crippen LogP contribution in [0.15, 0.2) is 36.4 Å². The molecule has 1 atom stereocenters. The van der Waals surface area contributed by atoms with Gasteiger partial charge in [0, 0.05) is 11.9 Å². The SMILES string of the molecule is CC(=O)NC(CC(=O)Oc1c(Cl)cc(Cl)cc1Cl)c1ccc(C)cc1. The van der Waals surface area contributed by atoms with E-state index in [1.165, 1.54) is 19.1 Å². The van der Waals surface area contributed by atoms with Crippen LogP contribution in [0.4, 0.5) is 0 Å². The van der Waals surface area contributed by atoms with Crippen LogP contribution in [0.1, 0.15) is 30.5 Å². The van der Waals surface area contributed by atoms with Gasteiger partial charge in [-0.05, 0) is 24.6 Å². The van der Waals surface area contributed by atoms with Gasteiger partial charge in [-0.15, -0.1) is 0 Å². The second kappa shape index (κ2) is 8.56. The molecule has 4 nitrogen and oxygen atoms in total. The Morgan fingerprint density at radius 1 is 1.08 bits per heavy atom. The van der Waals surface area contributed by atoms with E-state index >= 15 is 0 Å². The molecule has 2 aromatic rings. The summed E-state index contributed by atoms with van der Waals surface area (Å²) in [6.07, 6.45) is -0.0715. The molecule has 1 amide bonds. The van der Waals surface area contributed by atoms with Gasteiger partial charge in [-0.3, -0.25) is 9.59 Å². The molecule has 0 radical (unpaired) electrons. The number of ether oxygens (including phenoxy) is 1. The van der Waals surface area contributed by atoms with Crippen molar-refractivity contribution < 1.29 is 14.3 Å². The fourth-order valence-corrected chi connectivity index (χ4v) is 3.14. The van der Waals surface area contributed by atoms with Crippen LogP contribution < -0.4 is 10.1 Å². The third-order valence-corrected chi connectivity index (χ3v) is 4.19. The Morgan fingerprint density at radius 3 is 2.16 bits per heavy atom. The highest BCUT2D eigenvalue weighted by Gasteiger charge is 2.20. The summed E-state index contributed by atoms with van der Waals surface area (Å²) in [6, 6.07) is 9.86. The van der Waals surface area contributed by atoms with Gasteiger partial charge in [0.1, 0.15) is 0 Å². The van der Waals surface area contributed by atoms with Gasteiger partial charge in [-0.2, -0.15) is 0 Å². The first-order valence-electron chi connectivity index (χ1n) is 7.45. The van der Waals surface area contributed by atoms with Gasteiger partial charge in [-0.25, -0.2) is 0 Å². The Labute approximate surface area is 161 Å². The molecule has 2 aromatic carbocycles. The molecule has 132 valence electrons. The number of carbonyl (C=O) groups is 2. The molecule has 0 fully saturated rings. The largest absolute Gasteiger partial charge is 0.423 e. The number of amides is 1. The van der Waals surface area contributed by atoms with E-state index in [1.54, 1.807) is 0 Å². The lowest BCUT2D eigenvalue weighted by Gasteiger charge is -2.18. The third kappa shape index (κ3) is 5.63. The van der Waals surface area contributed by atoms with E-state index in [9.17, 15) is 9.59 Å². The zero-order valence-electron chi connectivity index (χ0n) is 13.6. The Morgan fingerprint density at radius 2 is 1.64 bits per heavy atom. The molecule has 0 saturated carbocycles. The number of nitrogens with one attached hydrogen (secondary N) is 1. The predicted molar refractivity (Wildman–Crippen MR) is 99.5 cm³/mol. The minimum absolute atomic E-state index is 0.0446. The van der Waals surface area contributed by atoms with Crippen molar-refractivity contribution in [3.05, 3.63) is 62.6 Å². The van der Waals surface area contributed by atoms with Crippen molar-refractivity contribution in [1.82, 2.24) is 5.32 Å². The number of halogens is 3. The molecule has 1 unspecified atom stereocenters. The number of carbonyl (C=O) groups excluding carboxylic acids is 2. The summed E-state index contributed by atoms with van der Waals surface area (Å²) < 4.78 is 5.28. The first-order chi connectivity index (χ1) is 11.8. The summed E-state index contributed by atoms with van der Waals surface area (Å²) in [6.45, 7) is 3.34. The topological polar surface area (TPSA) is 55.4 Å². The molecule has 1 N–H and O–H groups in total. The number of aryl methyl sites for hydroxylation is 1.